The Morgan fingerprint density at radius 3 is 2.78 bits per heavy atom. The molecule has 2 N–H and O–H groups in total. The fraction of sp³-hybridized carbons (Fsp3) is 0.278. The smallest absolute Gasteiger partial charge is 0.208 e. The average molecular weight is 327 g/mol. The summed E-state index contributed by atoms with van der Waals surface area (Å²) in [5.41, 5.74) is 4.96. The minimum Gasteiger partial charge on any atom is -0.383 e. The van der Waals surface area contributed by atoms with Crippen LogP contribution in [-0.2, 0) is 11.2 Å². The van der Waals surface area contributed by atoms with Gasteiger partial charge in [-0.1, -0.05) is 43.3 Å². The number of benzene rings is 2. The molecule has 0 bridgehead atoms. The van der Waals surface area contributed by atoms with Crippen LogP contribution in [0.3, 0.4) is 0 Å². The lowest BCUT2D eigenvalue weighted by molar-refractivity contribution is 0.204. The van der Waals surface area contributed by atoms with Crippen LogP contribution in [0.4, 0.5) is 5.69 Å². The lowest BCUT2D eigenvalue weighted by Gasteiger charge is -2.22. The molecular weight excluding hydrogens is 306 g/mol. The van der Waals surface area contributed by atoms with Crippen molar-refractivity contribution in [2.24, 2.45) is 4.40 Å². The van der Waals surface area contributed by atoms with E-state index in [1.807, 2.05) is 0 Å². The van der Waals surface area contributed by atoms with Crippen molar-refractivity contribution in [1.29, 1.82) is 0 Å². The van der Waals surface area contributed by atoms with Crippen molar-refractivity contribution in [3.05, 3.63) is 48.0 Å². The highest BCUT2D eigenvalue weighted by Crippen LogP contribution is 2.40. The second-order valence-corrected chi connectivity index (χ2v) is 6.07. The van der Waals surface area contributed by atoms with E-state index in [0.717, 1.165) is 29.5 Å². The van der Waals surface area contributed by atoms with Gasteiger partial charge >= 0.3 is 0 Å². The molecule has 1 aliphatic heterocycles. The average Bonchev–Trinajstić information content (AvgIpc) is 2.61. The Labute approximate surface area is 141 Å². The topological polar surface area (TPSA) is 45.6 Å². The molecule has 0 amide bonds. The van der Waals surface area contributed by atoms with E-state index < -0.39 is 0 Å². The zero-order valence-electron chi connectivity index (χ0n) is 13.4. The zero-order chi connectivity index (χ0) is 16.1. The summed E-state index contributed by atoms with van der Waals surface area (Å²) in [6.07, 6.45) is 1.01. The highest BCUT2D eigenvalue weighted by molar-refractivity contribution is 7.98. The predicted octanol–water partition coefficient (Wildman–Crippen LogP) is 3.94. The monoisotopic (exact) mass is 327 g/mol. The summed E-state index contributed by atoms with van der Waals surface area (Å²) in [5, 5.41) is 6.70. The van der Waals surface area contributed by atoms with Crippen molar-refractivity contribution in [1.82, 2.24) is 5.32 Å². The molecule has 0 saturated heterocycles. The molecule has 0 saturated carbocycles. The SMILES string of the molecule is CCc1ccccc1-c1cccc2c1NC(NCCOC)=NS2. The van der Waals surface area contributed by atoms with Crippen LogP contribution in [-0.4, -0.2) is 26.2 Å². The maximum atomic E-state index is 5.07. The number of rotatable bonds is 5. The fourth-order valence-corrected chi connectivity index (χ4v) is 3.33. The third kappa shape index (κ3) is 3.51. The summed E-state index contributed by atoms with van der Waals surface area (Å²) in [4.78, 5) is 1.14. The van der Waals surface area contributed by atoms with Crippen LogP contribution >= 0.6 is 11.9 Å². The predicted molar refractivity (Wildman–Crippen MR) is 98.0 cm³/mol. The summed E-state index contributed by atoms with van der Waals surface area (Å²) in [6, 6.07) is 14.9. The Hall–Kier alpha value is -1.98. The van der Waals surface area contributed by atoms with Gasteiger partial charge in [-0.2, -0.15) is 4.40 Å². The van der Waals surface area contributed by atoms with Crippen LogP contribution in [0.5, 0.6) is 0 Å². The van der Waals surface area contributed by atoms with Crippen LogP contribution in [0.1, 0.15) is 12.5 Å². The largest absolute Gasteiger partial charge is 0.383 e. The second-order valence-electron chi connectivity index (χ2n) is 5.27. The van der Waals surface area contributed by atoms with Crippen molar-refractivity contribution in [3.63, 3.8) is 0 Å². The van der Waals surface area contributed by atoms with Crippen LogP contribution in [0, 0.1) is 0 Å². The summed E-state index contributed by atoms with van der Waals surface area (Å²) >= 11 is 1.50. The first-order chi connectivity index (χ1) is 11.3. The summed E-state index contributed by atoms with van der Waals surface area (Å²) in [5.74, 6) is 0.779. The molecule has 120 valence electrons. The number of hydrogen-bond donors (Lipinski definition) is 2. The molecule has 0 fully saturated rings. The van der Waals surface area contributed by atoms with E-state index in [4.69, 9.17) is 4.74 Å². The fourth-order valence-electron chi connectivity index (χ4n) is 2.64. The van der Waals surface area contributed by atoms with Gasteiger partial charge in [0.05, 0.1) is 17.2 Å². The van der Waals surface area contributed by atoms with Crippen LogP contribution in [0.2, 0.25) is 0 Å². The third-order valence-electron chi connectivity index (χ3n) is 3.79. The number of aryl methyl sites for hydroxylation is 1. The normalized spacial score (nSPS) is 13.0. The summed E-state index contributed by atoms with van der Waals surface area (Å²) in [7, 11) is 1.70. The Kier molecular flexibility index (Phi) is 5.20. The highest BCUT2D eigenvalue weighted by Gasteiger charge is 2.18. The first kappa shape index (κ1) is 15.9. The molecule has 1 aliphatic rings. The Morgan fingerprint density at radius 1 is 1.13 bits per heavy atom. The zero-order valence-corrected chi connectivity index (χ0v) is 14.2. The first-order valence-corrected chi connectivity index (χ1v) is 8.57. The van der Waals surface area contributed by atoms with Gasteiger partial charge < -0.3 is 15.4 Å². The Morgan fingerprint density at radius 2 is 1.96 bits per heavy atom. The molecule has 0 radical (unpaired) electrons. The van der Waals surface area contributed by atoms with Crippen molar-refractivity contribution in [3.8, 4) is 11.1 Å². The van der Waals surface area contributed by atoms with Crippen LogP contribution in [0.15, 0.2) is 51.8 Å². The van der Waals surface area contributed by atoms with Crippen molar-refractivity contribution < 1.29 is 4.74 Å². The standard InChI is InChI=1S/C18H21N3OS/c1-3-13-7-4-5-8-14(13)15-9-6-10-16-17(15)20-18(21-23-16)19-11-12-22-2/h4-10H,3,11-12H2,1-2H3,(H2,19,20,21). The molecule has 0 aromatic heterocycles. The maximum Gasteiger partial charge on any atom is 0.208 e. The molecule has 2 aromatic rings. The molecule has 3 rings (SSSR count). The molecule has 5 heteroatoms. The quantitative estimate of drug-likeness (QED) is 0.645. The number of nitrogens with one attached hydrogen (secondary N) is 2. The van der Waals surface area contributed by atoms with Gasteiger partial charge in [0.1, 0.15) is 0 Å². The molecule has 0 spiro atoms. The molecule has 4 nitrogen and oxygen atoms in total. The third-order valence-corrected chi connectivity index (χ3v) is 4.60. The Bertz CT molecular complexity index is 715. The van der Waals surface area contributed by atoms with Crippen LogP contribution in [0.25, 0.3) is 11.1 Å². The van der Waals surface area contributed by atoms with Gasteiger partial charge in [-0.05, 0) is 23.6 Å². The van der Waals surface area contributed by atoms with Crippen LogP contribution < -0.4 is 10.6 Å². The molecule has 0 aliphatic carbocycles. The van der Waals surface area contributed by atoms with E-state index in [9.17, 15) is 0 Å². The molecule has 23 heavy (non-hydrogen) atoms. The number of anilines is 1. The number of para-hydroxylation sites is 1. The maximum absolute atomic E-state index is 5.07. The van der Waals surface area contributed by atoms with Gasteiger partial charge in [0.25, 0.3) is 0 Å². The lowest BCUT2D eigenvalue weighted by Crippen LogP contribution is -2.34. The van der Waals surface area contributed by atoms with Crippen molar-refractivity contribution in [2.45, 2.75) is 18.2 Å². The van der Waals surface area contributed by atoms with Crippen molar-refractivity contribution >= 4 is 23.6 Å². The van der Waals surface area contributed by atoms with E-state index in [-0.39, 0.29) is 0 Å². The van der Waals surface area contributed by atoms with Gasteiger partial charge in [0, 0.05) is 31.2 Å². The van der Waals surface area contributed by atoms with E-state index in [1.165, 1.54) is 28.6 Å². The number of guanidine groups is 1. The van der Waals surface area contributed by atoms with E-state index in [0.29, 0.717) is 6.61 Å². The number of methoxy groups -OCH3 is 1. The number of fused-ring (bicyclic) bond motifs is 1. The molecule has 1 heterocycles. The van der Waals surface area contributed by atoms with Crippen molar-refractivity contribution in [2.75, 3.05) is 25.6 Å². The van der Waals surface area contributed by atoms with E-state index in [1.54, 1.807) is 7.11 Å². The van der Waals surface area contributed by atoms with E-state index >= 15 is 0 Å². The molecule has 0 atom stereocenters. The van der Waals surface area contributed by atoms with Gasteiger partial charge in [0.2, 0.25) is 5.96 Å². The van der Waals surface area contributed by atoms with Gasteiger partial charge in [-0.15, -0.1) is 0 Å². The summed E-state index contributed by atoms with van der Waals surface area (Å²) < 4.78 is 9.55. The second kappa shape index (κ2) is 7.53. The molecular formula is C18H21N3OS. The number of hydrogen-bond acceptors (Lipinski definition) is 5. The minimum absolute atomic E-state index is 0.651. The highest BCUT2D eigenvalue weighted by atomic mass is 32.2. The first-order valence-electron chi connectivity index (χ1n) is 7.79. The summed E-state index contributed by atoms with van der Waals surface area (Å²) in [6.45, 7) is 3.57. The van der Waals surface area contributed by atoms with E-state index in [2.05, 4.69) is 64.4 Å². The van der Waals surface area contributed by atoms with Gasteiger partial charge in [-0.3, -0.25) is 0 Å². The van der Waals surface area contributed by atoms with Gasteiger partial charge in [-0.25, -0.2) is 0 Å². The molecule has 2 aromatic carbocycles. The number of nitrogens with zero attached hydrogens (tertiary/aromatic N) is 1. The lowest BCUT2D eigenvalue weighted by atomic mass is 9.97. The minimum atomic E-state index is 0.651. The molecule has 0 unspecified atom stereocenters. The number of ether oxygens (including phenoxy) is 1. The van der Waals surface area contributed by atoms with Gasteiger partial charge in [0.15, 0.2) is 0 Å². The Balaban J connectivity index is 1.92.